The lowest BCUT2D eigenvalue weighted by molar-refractivity contribution is 0.616. The minimum atomic E-state index is -0.642. The number of nitrogens with one attached hydrogen (secondary N) is 1. The van der Waals surface area contributed by atoms with Crippen LogP contribution < -0.4 is 5.32 Å². The van der Waals surface area contributed by atoms with Gasteiger partial charge in [-0.1, -0.05) is 0 Å². The maximum Gasteiger partial charge on any atom is 0.125 e. The molecular formula is C12H16FNOS. The summed E-state index contributed by atoms with van der Waals surface area (Å²) in [5.41, 5.74) is 1.75. The van der Waals surface area contributed by atoms with Crippen LogP contribution in [0.1, 0.15) is 18.4 Å². The summed E-state index contributed by atoms with van der Waals surface area (Å²) in [5, 5.41) is 3.31. The lowest BCUT2D eigenvalue weighted by atomic mass is 10.1. The molecule has 0 radical (unpaired) electrons. The van der Waals surface area contributed by atoms with Gasteiger partial charge in [0, 0.05) is 34.0 Å². The molecule has 1 heterocycles. The highest BCUT2D eigenvalue weighted by atomic mass is 32.2. The van der Waals surface area contributed by atoms with Gasteiger partial charge in [0.15, 0.2) is 0 Å². The lowest BCUT2D eigenvalue weighted by Crippen LogP contribution is -2.29. The van der Waals surface area contributed by atoms with E-state index in [0.717, 1.165) is 35.6 Å². The molecule has 1 aromatic carbocycles. The Kier molecular flexibility index (Phi) is 3.59. The fourth-order valence-corrected chi connectivity index (χ4v) is 3.29. The monoisotopic (exact) mass is 241 g/mol. The van der Waals surface area contributed by atoms with Crippen LogP contribution in [0.4, 0.5) is 10.1 Å². The van der Waals surface area contributed by atoms with E-state index in [0.29, 0.717) is 6.04 Å². The highest BCUT2D eigenvalue weighted by Crippen LogP contribution is 2.18. The summed E-state index contributed by atoms with van der Waals surface area (Å²) >= 11 is 0. The topological polar surface area (TPSA) is 29.1 Å². The Labute approximate surface area is 97.7 Å². The molecule has 0 unspecified atom stereocenters. The third kappa shape index (κ3) is 3.04. The molecule has 0 amide bonds. The molecule has 88 valence electrons. The van der Waals surface area contributed by atoms with Crippen molar-refractivity contribution < 1.29 is 8.60 Å². The smallest absolute Gasteiger partial charge is 0.125 e. The van der Waals surface area contributed by atoms with Crippen molar-refractivity contribution in [1.29, 1.82) is 0 Å². The first kappa shape index (κ1) is 11.6. The van der Waals surface area contributed by atoms with Gasteiger partial charge in [0.05, 0.1) is 0 Å². The first-order chi connectivity index (χ1) is 7.63. The van der Waals surface area contributed by atoms with Crippen LogP contribution in [0.5, 0.6) is 0 Å². The minimum absolute atomic E-state index is 0.207. The van der Waals surface area contributed by atoms with Crippen LogP contribution in [0, 0.1) is 12.7 Å². The van der Waals surface area contributed by atoms with Gasteiger partial charge in [0.2, 0.25) is 0 Å². The van der Waals surface area contributed by atoms with E-state index < -0.39 is 10.8 Å². The van der Waals surface area contributed by atoms with E-state index in [1.807, 2.05) is 13.0 Å². The Morgan fingerprint density at radius 2 is 2.00 bits per heavy atom. The summed E-state index contributed by atoms with van der Waals surface area (Å²) in [7, 11) is -0.642. The molecule has 4 heteroatoms. The van der Waals surface area contributed by atoms with Crippen LogP contribution in [0.3, 0.4) is 0 Å². The van der Waals surface area contributed by atoms with Gasteiger partial charge in [-0.3, -0.25) is 4.21 Å². The second-order valence-electron chi connectivity index (χ2n) is 4.28. The molecule has 0 saturated carbocycles. The molecular weight excluding hydrogens is 225 g/mol. The van der Waals surface area contributed by atoms with Crippen molar-refractivity contribution in [1.82, 2.24) is 0 Å². The van der Waals surface area contributed by atoms with Gasteiger partial charge in [-0.25, -0.2) is 4.39 Å². The Bertz CT molecular complexity index is 378. The average molecular weight is 241 g/mol. The SMILES string of the molecule is Cc1cc(F)cc(NC2CCS(=O)CC2)c1. The zero-order chi connectivity index (χ0) is 11.5. The van der Waals surface area contributed by atoms with Crippen LogP contribution in [-0.2, 0) is 10.8 Å². The Morgan fingerprint density at radius 3 is 2.62 bits per heavy atom. The molecule has 1 aliphatic rings. The summed E-state index contributed by atoms with van der Waals surface area (Å²) in [6.07, 6.45) is 1.81. The highest BCUT2D eigenvalue weighted by Gasteiger charge is 2.17. The van der Waals surface area contributed by atoms with Crippen molar-refractivity contribution in [3.05, 3.63) is 29.6 Å². The molecule has 2 nitrogen and oxygen atoms in total. The second-order valence-corrected chi connectivity index (χ2v) is 5.98. The van der Waals surface area contributed by atoms with Crippen molar-refractivity contribution in [2.24, 2.45) is 0 Å². The molecule has 0 aliphatic carbocycles. The summed E-state index contributed by atoms with van der Waals surface area (Å²) < 4.78 is 24.3. The van der Waals surface area contributed by atoms with Crippen molar-refractivity contribution in [3.63, 3.8) is 0 Å². The molecule has 0 spiro atoms. The van der Waals surface area contributed by atoms with E-state index in [-0.39, 0.29) is 5.82 Å². The number of hydrogen-bond donors (Lipinski definition) is 1. The van der Waals surface area contributed by atoms with E-state index in [1.165, 1.54) is 12.1 Å². The van der Waals surface area contributed by atoms with Crippen LogP contribution in [0.2, 0.25) is 0 Å². The van der Waals surface area contributed by atoms with Gasteiger partial charge >= 0.3 is 0 Å². The molecule has 1 fully saturated rings. The van der Waals surface area contributed by atoms with Gasteiger partial charge in [0.1, 0.15) is 5.82 Å². The maximum absolute atomic E-state index is 13.2. The summed E-state index contributed by atoms with van der Waals surface area (Å²) in [4.78, 5) is 0. The van der Waals surface area contributed by atoms with Gasteiger partial charge in [-0.2, -0.15) is 0 Å². The molecule has 2 rings (SSSR count). The van der Waals surface area contributed by atoms with Crippen molar-refractivity contribution in [3.8, 4) is 0 Å². The van der Waals surface area contributed by atoms with Gasteiger partial charge in [0.25, 0.3) is 0 Å². The number of aryl methyl sites for hydroxylation is 1. The molecule has 0 aromatic heterocycles. The van der Waals surface area contributed by atoms with E-state index >= 15 is 0 Å². The van der Waals surface area contributed by atoms with Gasteiger partial charge < -0.3 is 5.32 Å². The Morgan fingerprint density at radius 1 is 1.31 bits per heavy atom. The average Bonchev–Trinajstić information content (AvgIpc) is 2.20. The zero-order valence-electron chi connectivity index (χ0n) is 9.33. The molecule has 1 aliphatic heterocycles. The first-order valence-corrected chi connectivity index (χ1v) is 7.01. The van der Waals surface area contributed by atoms with Crippen molar-refractivity contribution in [2.75, 3.05) is 16.8 Å². The van der Waals surface area contributed by atoms with E-state index in [2.05, 4.69) is 5.32 Å². The molecule has 1 aromatic rings. The minimum Gasteiger partial charge on any atom is -0.382 e. The largest absolute Gasteiger partial charge is 0.382 e. The zero-order valence-corrected chi connectivity index (χ0v) is 10.1. The molecule has 16 heavy (non-hydrogen) atoms. The number of rotatable bonds is 2. The molecule has 0 bridgehead atoms. The number of anilines is 1. The van der Waals surface area contributed by atoms with Gasteiger partial charge in [-0.15, -0.1) is 0 Å². The van der Waals surface area contributed by atoms with E-state index in [1.54, 1.807) is 0 Å². The van der Waals surface area contributed by atoms with E-state index in [9.17, 15) is 8.60 Å². The summed E-state index contributed by atoms with van der Waals surface area (Å²) in [5.74, 6) is 1.31. The lowest BCUT2D eigenvalue weighted by Gasteiger charge is -2.23. The summed E-state index contributed by atoms with van der Waals surface area (Å²) in [6, 6.07) is 5.30. The fourth-order valence-electron chi connectivity index (χ4n) is 1.99. The molecule has 1 N–H and O–H groups in total. The predicted molar refractivity (Wildman–Crippen MR) is 65.7 cm³/mol. The maximum atomic E-state index is 13.2. The Balaban J connectivity index is 2.00. The quantitative estimate of drug-likeness (QED) is 0.861. The summed E-state index contributed by atoms with van der Waals surface area (Å²) in [6.45, 7) is 1.88. The first-order valence-electron chi connectivity index (χ1n) is 5.52. The normalized spacial score (nSPS) is 25.4. The fraction of sp³-hybridized carbons (Fsp3) is 0.500. The third-order valence-corrected chi connectivity index (χ3v) is 4.18. The van der Waals surface area contributed by atoms with Crippen LogP contribution in [0.25, 0.3) is 0 Å². The standard InChI is InChI=1S/C12H16FNOS/c1-9-6-10(13)8-12(7-9)14-11-2-4-16(15)5-3-11/h6-8,11,14H,2-5H2,1H3. The number of hydrogen-bond acceptors (Lipinski definition) is 2. The number of benzene rings is 1. The second kappa shape index (κ2) is 4.95. The number of halogens is 1. The molecule has 0 atom stereocenters. The van der Waals surface area contributed by atoms with Gasteiger partial charge in [-0.05, 0) is 43.5 Å². The van der Waals surface area contributed by atoms with Crippen molar-refractivity contribution >= 4 is 16.5 Å². The van der Waals surface area contributed by atoms with Crippen LogP contribution in [-0.4, -0.2) is 21.8 Å². The predicted octanol–water partition coefficient (Wildman–Crippen LogP) is 2.46. The molecule has 1 saturated heterocycles. The highest BCUT2D eigenvalue weighted by molar-refractivity contribution is 7.85. The van der Waals surface area contributed by atoms with Crippen LogP contribution >= 0.6 is 0 Å². The van der Waals surface area contributed by atoms with E-state index in [4.69, 9.17) is 0 Å². The Hall–Kier alpha value is -0.900. The van der Waals surface area contributed by atoms with Crippen LogP contribution in [0.15, 0.2) is 18.2 Å². The third-order valence-electron chi connectivity index (χ3n) is 2.80. The van der Waals surface area contributed by atoms with Crippen molar-refractivity contribution in [2.45, 2.75) is 25.8 Å².